The van der Waals surface area contributed by atoms with Gasteiger partial charge in [-0.3, -0.25) is 0 Å². The second kappa shape index (κ2) is 2.28. The van der Waals surface area contributed by atoms with E-state index in [1.165, 1.54) is 6.20 Å². The Bertz CT molecular complexity index is 321. The number of rotatable bonds is 2. The van der Waals surface area contributed by atoms with Crippen molar-refractivity contribution >= 4 is 5.82 Å². The quantitative estimate of drug-likeness (QED) is 0.484. The molecule has 1 aliphatic rings. The molecule has 1 saturated carbocycles. The average molecular weight is 168 g/mol. The molecule has 1 aliphatic carbocycles. The molecule has 0 saturated heterocycles. The van der Waals surface area contributed by atoms with Gasteiger partial charge in [0.1, 0.15) is 0 Å². The van der Waals surface area contributed by atoms with Crippen LogP contribution >= 0.6 is 0 Å². The second-order valence-electron chi connectivity index (χ2n) is 2.94. The minimum absolute atomic E-state index is 0.0204. The lowest BCUT2D eigenvalue weighted by Crippen LogP contribution is -2.02. The average Bonchev–Trinajstić information content (AvgIpc) is 2.58. The first kappa shape index (κ1) is 7.23. The highest BCUT2D eigenvalue weighted by Gasteiger charge is 2.40. The molecule has 3 N–H and O–H groups in total. The highest BCUT2D eigenvalue weighted by atomic mass is 16.6. The molecule has 0 radical (unpaired) electrons. The summed E-state index contributed by atoms with van der Waals surface area (Å²) in [6.45, 7) is 0. The van der Waals surface area contributed by atoms with Gasteiger partial charge in [0.2, 0.25) is 0 Å². The van der Waals surface area contributed by atoms with Crippen LogP contribution in [-0.4, -0.2) is 21.2 Å². The lowest BCUT2D eigenvalue weighted by molar-refractivity contribution is -0.390. The van der Waals surface area contributed by atoms with Gasteiger partial charge in [0.25, 0.3) is 0 Å². The predicted octanol–water partition coefficient (Wildman–Crippen LogP) is 0.132. The van der Waals surface area contributed by atoms with Crippen LogP contribution in [0.25, 0.3) is 0 Å². The Morgan fingerprint density at radius 1 is 1.83 bits per heavy atom. The Labute approximate surface area is 67.9 Å². The van der Waals surface area contributed by atoms with Gasteiger partial charge in [0.05, 0.1) is 11.8 Å². The predicted molar refractivity (Wildman–Crippen MR) is 40.6 cm³/mol. The summed E-state index contributed by atoms with van der Waals surface area (Å²) in [6.07, 6.45) is 2.30. The van der Waals surface area contributed by atoms with E-state index < -0.39 is 4.92 Å². The lowest BCUT2D eigenvalue weighted by atomic mass is 10.2. The van der Waals surface area contributed by atoms with Crippen LogP contribution in [0.2, 0.25) is 0 Å². The van der Waals surface area contributed by atoms with Crippen molar-refractivity contribution in [2.45, 2.75) is 18.4 Å². The fourth-order valence-electron chi connectivity index (χ4n) is 1.28. The normalized spacial score (nSPS) is 27.1. The SMILES string of the molecule is NC1CC1c1cn[nH]c1[N+](=O)[O-]. The van der Waals surface area contributed by atoms with Gasteiger partial charge in [-0.2, -0.15) is 0 Å². The van der Waals surface area contributed by atoms with Crippen LogP contribution in [0.5, 0.6) is 0 Å². The van der Waals surface area contributed by atoms with E-state index in [1.54, 1.807) is 0 Å². The summed E-state index contributed by atoms with van der Waals surface area (Å²) < 4.78 is 0. The fraction of sp³-hybridized carbons (Fsp3) is 0.500. The molecular formula is C6H8N4O2. The Balaban J connectivity index is 2.31. The molecule has 0 bridgehead atoms. The van der Waals surface area contributed by atoms with E-state index in [0.29, 0.717) is 5.56 Å². The first-order valence-electron chi connectivity index (χ1n) is 3.63. The van der Waals surface area contributed by atoms with Crippen LogP contribution in [0.3, 0.4) is 0 Å². The van der Waals surface area contributed by atoms with Crippen molar-refractivity contribution in [2.75, 3.05) is 0 Å². The minimum atomic E-state index is -0.465. The first-order chi connectivity index (χ1) is 5.70. The Hall–Kier alpha value is -1.43. The van der Waals surface area contributed by atoms with E-state index in [9.17, 15) is 10.1 Å². The third kappa shape index (κ3) is 0.964. The summed E-state index contributed by atoms with van der Waals surface area (Å²) in [5, 5.41) is 16.4. The summed E-state index contributed by atoms with van der Waals surface area (Å²) >= 11 is 0. The number of hydrogen-bond acceptors (Lipinski definition) is 4. The molecule has 0 aliphatic heterocycles. The van der Waals surface area contributed by atoms with Crippen LogP contribution in [0.15, 0.2) is 6.20 Å². The largest absolute Gasteiger partial charge is 0.358 e. The maximum Gasteiger partial charge on any atom is 0.346 e. The van der Waals surface area contributed by atoms with E-state index in [0.717, 1.165) is 6.42 Å². The maximum absolute atomic E-state index is 10.4. The van der Waals surface area contributed by atoms with Gasteiger partial charge in [-0.05, 0) is 11.3 Å². The standard InChI is InChI=1S/C6H8N4O2/c7-5-1-3(5)4-2-8-9-6(4)10(11)12/h2-3,5H,1,7H2,(H,8,9). The summed E-state index contributed by atoms with van der Waals surface area (Å²) in [7, 11) is 0. The van der Waals surface area contributed by atoms with Crippen LogP contribution in [0, 0.1) is 10.1 Å². The summed E-state index contributed by atoms with van der Waals surface area (Å²) in [5.41, 5.74) is 6.19. The van der Waals surface area contributed by atoms with E-state index in [4.69, 9.17) is 5.73 Å². The highest BCUT2D eigenvalue weighted by molar-refractivity contribution is 5.38. The zero-order valence-electron chi connectivity index (χ0n) is 6.23. The van der Waals surface area contributed by atoms with Crippen LogP contribution in [0.1, 0.15) is 17.9 Å². The van der Waals surface area contributed by atoms with E-state index in [-0.39, 0.29) is 17.8 Å². The molecular weight excluding hydrogens is 160 g/mol. The van der Waals surface area contributed by atoms with Crippen molar-refractivity contribution in [2.24, 2.45) is 5.73 Å². The van der Waals surface area contributed by atoms with Crippen molar-refractivity contribution in [1.82, 2.24) is 10.2 Å². The third-order valence-electron chi connectivity index (χ3n) is 2.07. The second-order valence-corrected chi connectivity index (χ2v) is 2.94. The van der Waals surface area contributed by atoms with E-state index in [1.807, 2.05) is 0 Å². The summed E-state index contributed by atoms with van der Waals surface area (Å²) in [4.78, 5) is 9.95. The van der Waals surface area contributed by atoms with Crippen LogP contribution in [0.4, 0.5) is 5.82 Å². The van der Waals surface area contributed by atoms with Crippen molar-refractivity contribution in [3.8, 4) is 0 Å². The molecule has 2 atom stereocenters. The zero-order valence-corrected chi connectivity index (χ0v) is 6.23. The zero-order chi connectivity index (χ0) is 8.72. The van der Waals surface area contributed by atoms with Gasteiger partial charge in [-0.25, -0.2) is 0 Å². The van der Waals surface area contributed by atoms with Crippen molar-refractivity contribution in [1.29, 1.82) is 0 Å². The summed E-state index contributed by atoms with van der Waals surface area (Å²) in [6, 6.07) is 0.0706. The highest BCUT2D eigenvalue weighted by Crippen LogP contribution is 2.41. The van der Waals surface area contributed by atoms with Gasteiger partial charge in [0, 0.05) is 12.0 Å². The first-order valence-corrected chi connectivity index (χ1v) is 3.63. The van der Waals surface area contributed by atoms with E-state index in [2.05, 4.69) is 10.2 Å². The molecule has 0 amide bonds. The molecule has 1 aromatic heterocycles. The van der Waals surface area contributed by atoms with Crippen molar-refractivity contribution in [3.05, 3.63) is 21.9 Å². The van der Waals surface area contributed by atoms with Crippen LogP contribution in [-0.2, 0) is 0 Å². The number of nitrogens with zero attached hydrogens (tertiary/aromatic N) is 2. The number of H-pyrrole nitrogens is 1. The van der Waals surface area contributed by atoms with Gasteiger partial charge < -0.3 is 15.8 Å². The number of nitrogens with two attached hydrogens (primary N) is 1. The molecule has 0 aromatic carbocycles. The Kier molecular flexibility index (Phi) is 1.37. The van der Waals surface area contributed by atoms with Crippen molar-refractivity contribution in [3.63, 3.8) is 0 Å². The smallest absolute Gasteiger partial charge is 0.346 e. The molecule has 2 rings (SSSR count). The molecule has 0 spiro atoms. The molecule has 1 aromatic rings. The van der Waals surface area contributed by atoms with Gasteiger partial charge in [-0.1, -0.05) is 5.10 Å². The maximum atomic E-state index is 10.4. The number of nitrogens with one attached hydrogen (secondary N) is 1. The topological polar surface area (TPSA) is 97.8 Å². The third-order valence-corrected chi connectivity index (χ3v) is 2.07. The van der Waals surface area contributed by atoms with E-state index >= 15 is 0 Å². The van der Waals surface area contributed by atoms with Gasteiger partial charge in [0.15, 0.2) is 0 Å². The number of hydrogen-bond donors (Lipinski definition) is 2. The number of aromatic nitrogens is 2. The van der Waals surface area contributed by atoms with Crippen molar-refractivity contribution < 1.29 is 4.92 Å². The molecule has 1 heterocycles. The molecule has 64 valence electrons. The van der Waals surface area contributed by atoms with Gasteiger partial charge >= 0.3 is 5.82 Å². The monoisotopic (exact) mass is 168 g/mol. The molecule has 1 fully saturated rings. The molecule has 6 heteroatoms. The van der Waals surface area contributed by atoms with Gasteiger partial charge in [-0.15, -0.1) is 5.10 Å². The molecule has 12 heavy (non-hydrogen) atoms. The summed E-state index contributed by atoms with van der Waals surface area (Å²) in [5.74, 6) is 0.108. The number of nitro groups is 1. The molecule has 2 unspecified atom stereocenters. The minimum Gasteiger partial charge on any atom is -0.358 e. The fourth-order valence-corrected chi connectivity index (χ4v) is 1.28. The number of aromatic amines is 1. The van der Waals surface area contributed by atoms with Crippen LogP contribution < -0.4 is 5.73 Å². The Morgan fingerprint density at radius 2 is 2.50 bits per heavy atom. The Morgan fingerprint density at radius 3 is 3.00 bits per heavy atom. The lowest BCUT2D eigenvalue weighted by Gasteiger charge is -1.93. The molecule has 6 nitrogen and oxygen atoms in total.